The van der Waals surface area contributed by atoms with Crippen molar-refractivity contribution in [2.24, 2.45) is 0 Å². The Kier molecular flexibility index (Phi) is 6.75. The number of anilines is 2. The lowest BCUT2D eigenvalue weighted by atomic mass is 10.1. The number of ether oxygens (including phenoxy) is 2. The van der Waals surface area contributed by atoms with Crippen molar-refractivity contribution < 1.29 is 33.4 Å². The molecule has 0 aromatic heterocycles. The molecule has 0 saturated carbocycles. The number of amides is 5. The van der Waals surface area contributed by atoms with Crippen LogP contribution in [0.2, 0.25) is 0 Å². The zero-order valence-electron chi connectivity index (χ0n) is 23.3. The van der Waals surface area contributed by atoms with Crippen LogP contribution in [0.1, 0.15) is 64.6 Å². The third-order valence-corrected chi connectivity index (χ3v) is 7.88. The first-order chi connectivity index (χ1) is 21.4. The lowest BCUT2D eigenvalue weighted by Crippen LogP contribution is -2.36. The number of rotatable bonds is 7. The number of hydrogen-bond donors (Lipinski definition) is 1. The lowest BCUT2D eigenvalue weighted by Gasteiger charge is -2.17. The molecule has 0 bridgehead atoms. The van der Waals surface area contributed by atoms with Crippen LogP contribution in [0.4, 0.5) is 11.4 Å². The van der Waals surface area contributed by atoms with E-state index in [-0.39, 0.29) is 30.4 Å². The van der Waals surface area contributed by atoms with Crippen LogP contribution in [0.3, 0.4) is 0 Å². The van der Waals surface area contributed by atoms with Gasteiger partial charge in [-0.15, -0.1) is 0 Å². The average molecular weight is 588 g/mol. The summed E-state index contributed by atoms with van der Waals surface area (Å²) in [6, 6.07) is 24.3. The highest BCUT2D eigenvalue weighted by molar-refractivity contribution is 6.34. The van der Waals surface area contributed by atoms with E-state index in [1.54, 1.807) is 91.0 Å². The molecular weight excluding hydrogens is 562 g/mol. The quantitative estimate of drug-likeness (QED) is 0.291. The Morgan fingerprint density at radius 3 is 2.05 bits per heavy atom. The predicted octanol–water partition coefficient (Wildman–Crippen LogP) is 5.31. The van der Waals surface area contributed by atoms with Crippen molar-refractivity contribution in [2.45, 2.75) is 18.9 Å². The Bertz CT molecular complexity index is 1810. The van der Waals surface area contributed by atoms with Crippen molar-refractivity contribution in [3.63, 3.8) is 0 Å². The summed E-state index contributed by atoms with van der Waals surface area (Å²) in [5.41, 5.74) is 2.58. The second-order valence-corrected chi connectivity index (χ2v) is 10.7. The third-order valence-electron chi connectivity index (χ3n) is 7.88. The molecule has 10 nitrogen and oxygen atoms in total. The summed E-state index contributed by atoms with van der Waals surface area (Å²) in [5.74, 6) is -0.990. The molecule has 3 aliphatic rings. The van der Waals surface area contributed by atoms with Gasteiger partial charge in [-0.1, -0.05) is 12.1 Å². The summed E-state index contributed by atoms with van der Waals surface area (Å²) >= 11 is 0. The minimum atomic E-state index is -0.401. The van der Waals surface area contributed by atoms with Gasteiger partial charge in [-0.3, -0.25) is 28.9 Å². The fourth-order valence-electron chi connectivity index (χ4n) is 5.62. The molecule has 44 heavy (non-hydrogen) atoms. The van der Waals surface area contributed by atoms with Gasteiger partial charge in [-0.2, -0.15) is 0 Å². The van der Waals surface area contributed by atoms with E-state index >= 15 is 0 Å². The molecule has 1 atom stereocenters. The molecule has 3 heterocycles. The van der Waals surface area contributed by atoms with E-state index in [0.29, 0.717) is 57.3 Å². The molecule has 1 N–H and O–H groups in total. The Morgan fingerprint density at radius 2 is 1.39 bits per heavy atom. The zero-order valence-corrected chi connectivity index (χ0v) is 23.3. The number of carbonyl (C=O) groups excluding carboxylic acids is 5. The first-order valence-corrected chi connectivity index (χ1v) is 14.2. The smallest absolute Gasteiger partial charge is 0.266 e. The minimum Gasteiger partial charge on any atom is -0.457 e. The standard InChI is InChI=1S/C34H25N3O7/c38-30(20-7-11-22(12-8-20)37-33(41)26-5-1-2-6-27(26)34(37)42)35-21-9-13-23(14-10-21)44-24-15-16-28-29(18-24)32(40)36(31(28)39)19-25-4-3-17-43-25/h1-2,5-16,18,25H,3-4,17,19H2,(H,35,38). The van der Waals surface area contributed by atoms with Crippen molar-refractivity contribution in [3.8, 4) is 11.5 Å². The second-order valence-electron chi connectivity index (χ2n) is 10.7. The van der Waals surface area contributed by atoms with Gasteiger partial charge < -0.3 is 14.8 Å². The molecule has 7 rings (SSSR count). The van der Waals surface area contributed by atoms with Crippen LogP contribution in [0, 0.1) is 0 Å². The molecule has 0 radical (unpaired) electrons. The highest BCUT2D eigenvalue weighted by Crippen LogP contribution is 2.32. The zero-order chi connectivity index (χ0) is 30.4. The second kappa shape index (κ2) is 10.9. The molecule has 1 saturated heterocycles. The van der Waals surface area contributed by atoms with Crippen molar-refractivity contribution in [3.05, 3.63) is 119 Å². The van der Waals surface area contributed by atoms with Crippen molar-refractivity contribution >= 4 is 40.9 Å². The summed E-state index contributed by atoms with van der Waals surface area (Å²) in [6.45, 7) is 0.884. The average Bonchev–Trinajstić information content (AvgIpc) is 3.72. The molecule has 0 spiro atoms. The first-order valence-electron chi connectivity index (χ1n) is 14.2. The van der Waals surface area contributed by atoms with Crippen LogP contribution >= 0.6 is 0 Å². The van der Waals surface area contributed by atoms with E-state index in [0.717, 1.165) is 17.7 Å². The van der Waals surface area contributed by atoms with Gasteiger partial charge in [0.2, 0.25) is 0 Å². The number of carbonyl (C=O) groups is 5. The molecule has 0 aliphatic carbocycles. The van der Waals surface area contributed by atoms with E-state index in [1.165, 1.54) is 4.90 Å². The van der Waals surface area contributed by atoms with Gasteiger partial charge in [-0.05, 0) is 91.7 Å². The molecule has 4 aromatic carbocycles. The molecule has 3 aliphatic heterocycles. The highest BCUT2D eigenvalue weighted by Gasteiger charge is 2.38. The maximum Gasteiger partial charge on any atom is 0.266 e. The largest absolute Gasteiger partial charge is 0.457 e. The number of hydrogen-bond acceptors (Lipinski definition) is 7. The summed E-state index contributed by atoms with van der Waals surface area (Å²) < 4.78 is 11.5. The summed E-state index contributed by atoms with van der Waals surface area (Å²) in [6.07, 6.45) is 1.61. The fourth-order valence-corrected chi connectivity index (χ4v) is 5.62. The van der Waals surface area contributed by atoms with Crippen LogP contribution in [-0.2, 0) is 4.74 Å². The first kappa shape index (κ1) is 27.2. The number of benzene rings is 4. The van der Waals surface area contributed by atoms with Gasteiger partial charge in [-0.25, -0.2) is 4.90 Å². The molecule has 1 unspecified atom stereocenters. The monoisotopic (exact) mass is 587 g/mol. The molecule has 218 valence electrons. The Labute approximate surface area is 251 Å². The van der Waals surface area contributed by atoms with Crippen LogP contribution in [-0.4, -0.2) is 53.7 Å². The highest BCUT2D eigenvalue weighted by atomic mass is 16.5. The van der Waals surface area contributed by atoms with Crippen molar-refractivity contribution in [1.82, 2.24) is 4.90 Å². The number of fused-ring (bicyclic) bond motifs is 2. The third kappa shape index (κ3) is 4.81. The fraction of sp³-hybridized carbons (Fsp3) is 0.147. The SMILES string of the molecule is O=C(Nc1ccc(Oc2ccc3c(c2)C(=O)N(CC2CCCO2)C3=O)cc1)c1ccc(N2C(=O)c3ccccc3C2=O)cc1. The molecule has 4 aromatic rings. The summed E-state index contributed by atoms with van der Waals surface area (Å²) in [7, 11) is 0. The van der Waals surface area contributed by atoms with E-state index in [1.807, 2.05) is 0 Å². The Hall–Kier alpha value is -5.61. The molecule has 5 amide bonds. The van der Waals surface area contributed by atoms with E-state index in [4.69, 9.17) is 9.47 Å². The van der Waals surface area contributed by atoms with E-state index in [9.17, 15) is 24.0 Å². The van der Waals surface area contributed by atoms with Gasteiger partial charge in [0.25, 0.3) is 29.5 Å². The topological polar surface area (TPSA) is 122 Å². The van der Waals surface area contributed by atoms with Crippen LogP contribution in [0.15, 0.2) is 91.0 Å². The maximum absolute atomic E-state index is 12.9. The lowest BCUT2D eigenvalue weighted by molar-refractivity contribution is 0.0475. The van der Waals surface area contributed by atoms with Crippen molar-refractivity contribution in [2.75, 3.05) is 23.4 Å². The predicted molar refractivity (Wildman–Crippen MR) is 159 cm³/mol. The maximum atomic E-state index is 12.9. The summed E-state index contributed by atoms with van der Waals surface area (Å²) in [5, 5.41) is 2.81. The molecule has 1 fully saturated rings. The molecular formula is C34H25N3O7. The Balaban J connectivity index is 0.981. The van der Waals surface area contributed by atoms with Gasteiger partial charge in [0, 0.05) is 17.9 Å². The van der Waals surface area contributed by atoms with Gasteiger partial charge >= 0.3 is 0 Å². The van der Waals surface area contributed by atoms with Gasteiger partial charge in [0.1, 0.15) is 11.5 Å². The minimum absolute atomic E-state index is 0.129. The number of nitrogens with one attached hydrogen (secondary N) is 1. The molecule has 10 heteroatoms. The summed E-state index contributed by atoms with van der Waals surface area (Å²) in [4.78, 5) is 66.4. The number of nitrogens with zero attached hydrogens (tertiary/aromatic N) is 2. The van der Waals surface area contributed by atoms with Crippen LogP contribution < -0.4 is 15.0 Å². The van der Waals surface area contributed by atoms with Crippen LogP contribution in [0.25, 0.3) is 0 Å². The van der Waals surface area contributed by atoms with Crippen LogP contribution in [0.5, 0.6) is 11.5 Å². The van der Waals surface area contributed by atoms with E-state index < -0.39 is 11.8 Å². The van der Waals surface area contributed by atoms with Gasteiger partial charge in [0.05, 0.1) is 40.6 Å². The Morgan fingerprint density at radius 1 is 0.750 bits per heavy atom. The van der Waals surface area contributed by atoms with E-state index in [2.05, 4.69) is 5.32 Å². The normalized spacial score (nSPS) is 17.2. The number of imide groups is 2. The van der Waals surface area contributed by atoms with Gasteiger partial charge in [0.15, 0.2) is 0 Å². The van der Waals surface area contributed by atoms with Crippen molar-refractivity contribution in [1.29, 1.82) is 0 Å².